The molecule has 1 unspecified atom stereocenters. The molecule has 0 aromatic heterocycles. The standard InChI is InChI=1S/C20H37BOSi/c1-8-11-18(20(2,3)4)22-21-17-14-9-12-16(13-10-15-17)19(21)23(5,6)7/h1,16-19H,9-15H2,2-7H3/t16?,17?,18-,19?/m1/s1. The highest BCUT2D eigenvalue weighted by Crippen LogP contribution is 2.51. The van der Waals surface area contributed by atoms with E-state index in [1.165, 1.54) is 38.5 Å². The highest BCUT2D eigenvalue weighted by Gasteiger charge is 2.50. The summed E-state index contributed by atoms with van der Waals surface area (Å²) in [5.74, 6) is 4.54. The third kappa shape index (κ3) is 4.67. The molecule has 0 aliphatic carbocycles. The molecular weight excluding hydrogens is 295 g/mol. The Morgan fingerprint density at radius 3 is 2.13 bits per heavy atom. The molecule has 0 amide bonds. The third-order valence-electron chi connectivity index (χ3n) is 6.22. The monoisotopic (exact) mass is 332 g/mol. The molecule has 0 saturated carbocycles. The van der Waals surface area contributed by atoms with E-state index in [0.717, 1.165) is 23.6 Å². The molecule has 0 radical (unpaired) electrons. The minimum Gasteiger partial charge on any atom is -0.431 e. The van der Waals surface area contributed by atoms with Crippen LogP contribution in [0.1, 0.15) is 65.7 Å². The maximum absolute atomic E-state index is 6.92. The first-order valence-corrected chi connectivity index (χ1v) is 13.3. The molecule has 2 rings (SSSR count). The summed E-state index contributed by atoms with van der Waals surface area (Å²) >= 11 is 0. The summed E-state index contributed by atoms with van der Waals surface area (Å²) in [5.41, 5.74) is 0.927. The van der Waals surface area contributed by atoms with Gasteiger partial charge in [-0.3, -0.25) is 0 Å². The van der Waals surface area contributed by atoms with Crippen LogP contribution >= 0.6 is 0 Å². The molecule has 2 aliphatic rings. The zero-order valence-electron chi connectivity index (χ0n) is 16.3. The molecule has 2 atom stereocenters. The second-order valence-corrected chi connectivity index (χ2v) is 15.5. The van der Waals surface area contributed by atoms with Gasteiger partial charge in [0.2, 0.25) is 0 Å². The van der Waals surface area contributed by atoms with Crippen LogP contribution in [-0.2, 0) is 4.65 Å². The van der Waals surface area contributed by atoms with E-state index in [1.807, 2.05) is 0 Å². The van der Waals surface area contributed by atoms with Crippen molar-refractivity contribution in [1.82, 2.24) is 0 Å². The van der Waals surface area contributed by atoms with Crippen LogP contribution in [0.3, 0.4) is 0 Å². The summed E-state index contributed by atoms with van der Waals surface area (Å²) in [6, 6.07) is 0. The van der Waals surface area contributed by atoms with Crippen LogP contribution < -0.4 is 0 Å². The van der Waals surface area contributed by atoms with Crippen LogP contribution in [0.25, 0.3) is 0 Å². The zero-order chi connectivity index (χ0) is 17.3. The first kappa shape index (κ1) is 19.1. The second-order valence-electron chi connectivity index (χ2n) is 10.1. The summed E-state index contributed by atoms with van der Waals surface area (Å²) in [5, 5.41) is 0. The smallest absolute Gasteiger partial charge is 0.297 e. The van der Waals surface area contributed by atoms with E-state index in [9.17, 15) is 0 Å². The minimum atomic E-state index is -1.26. The fraction of sp³-hybridized carbons (Fsp3) is 0.900. The minimum absolute atomic E-state index is 0.122. The summed E-state index contributed by atoms with van der Waals surface area (Å²) in [6.07, 6.45) is 15.0. The lowest BCUT2D eigenvalue weighted by molar-refractivity contribution is 0.0845. The third-order valence-corrected chi connectivity index (χ3v) is 9.02. The van der Waals surface area contributed by atoms with Gasteiger partial charge in [0, 0.05) is 14.5 Å². The molecule has 130 valence electrons. The Morgan fingerprint density at radius 2 is 1.70 bits per heavy atom. The normalized spacial score (nSPS) is 30.5. The fourth-order valence-corrected chi connectivity index (χ4v) is 8.16. The largest absolute Gasteiger partial charge is 0.431 e. The Balaban J connectivity index is 2.32. The van der Waals surface area contributed by atoms with Gasteiger partial charge in [-0.15, -0.1) is 12.3 Å². The van der Waals surface area contributed by atoms with Gasteiger partial charge in [0.25, 0.3) is 6.92 Å². The van der Waals surface area contributed by atoms with Gasteiger partial charge in [0.05, 0.1) is 6.10 Å². The van der Waals surface area contributed by atoms with Gasteiger partial charge in [-0.1, -0.05) is 78.9 Å². The average molecular weight is 332 g/mol. The molecule has 0 N–H and O–H groups in total. The maximum atomic E-state index is 6.92. The van der Waals surface area contributed by atoms with Crippen LogP contribution in [0.4, 0.5) is 0 Å². The van der Waals surface area contributed by atoms with Gasteiger partial charge < -0.3 is 4.65 Å². The summed E-state index contributed by atoms with van der Waals surface area (Å²) in [4.78, 5) is 0. The molecule has 0 aromatic rings. The molecule has 2 saturated heterocycles. The van der Waals surface area contributed by atoms with E-state index in [-0.39, 0.29) is 11.5 Å². The average Bonchev–Trinajstić information content (AvgIpc) is 2.64. The Hall–Kier alpha value is -0.198. The Kier molecular flexibility index (Phi) is 6.12. The highest BCUT2D eigenvalue weighted by molar-refractivity contribution is 6.88. The molecular formula is C20H37BOSi. The van der Waals surface area contributed by atoms with Gasteiger partial charge >= 0.3 is 0 Å². The van der Waals surface area contributed by atoms with E-state index in [0.29, 0.717) is 6.92 Å². The number of terminal acetylenes is 1. The quantitative estimate of drug-likeness (QED) is 0.451. The van der Waals surface area contributed by atoms with Crippen LogP contribution in [0.15, 0.2) is 0 Å². The first-order chi connectivity index (χ1) is 10.6. The van der Waals surface area contributed by atoms with Crippen LogP contribution in [0.5, 0.6) is 0 Å². The van der Waals surface area contributed by atoms with Crippen molar-refractivity contribution >= 4 is 15.0 Å². The van der Waals surface area contributed by atoms with Gasteiger partial charge in [-0.2, -0.15) is 0 Å². The Bertz CT molecular complexity index is 418. The molecule has 2 heterocycles. The van der Waals surface area contributed by atoms with Crippen molar-refractivity contribution in [3.63, 3.8) is 0 Å². The Labute approximate surface area is 146 Å². The van der Waals surface area contributed by atoms with Crippen LogP contribution in [0.2, 0.25) is 30.9 Å². The molecule has 3 heteroatoms. The van der Waals surface area contributed by atoms with Crippen molar-refractivity contribution in [3.8, 4) is 12.3 Å². The Morgan fingerprint density at radius 1 is 1.13 bits per heavy atom. The molecule has 2 aliphatic heterocycles. The molecule has 23 heavy (non-hydrogen) atoms. The SMILES string of the molecule is C#CC[C@@H](OB1C2CCCC(CCC2)C1[Si](C)(C)C)C(C)(C)C. The molecule has 0 aromatic carbocycles. The number of hydrogen-bond acceptors (Lipinski definition) is 1. The topological polar surface area (TPSA) is 9.23 Å². The molecule has 0 spiro atoms. The van der Waals surface area contributed by atoms with Gasteiger partial charge in [-0.05, 0) is 22.6 Å². The second kappa shape index (κ2) is 7.36. The van der Waals surface area contributed by atoms with Crippen molar-refractivity contribution < 1.29 is 4.65 Å². The van der Waals surface area contributed by atoms with E-state index in [2.05, 4.69) is 46.3 Å². The predicted octanol–water partition coefficient (Wildman–Crippen LogP) is 6.03. The lowest BCUT2D eigenvalue weighted by Gasteiger charge is -2.42. The molecule has 1 nitrogen and oxygen atoms in total. The van der Waals surface area contributed by atoms with Gasteiger partial charge in [0.15, 0.2) is 0 Å². The maximum Gasteiger partial charge on any atom is 0.297 e. The van der Waals surface area contributed by atoms with Gasteiger partial charge in [-0.25, -0.2) is 0 Å². The summed E-state index contributed by atoms with van der Waals surface area (Å²) in [7, 11) is -1.26. The van der Waals surface area contributed by atoms with E-state index in [1.54, 1.807) is 0 Å². The highest BCUT2D eigenvalue weighted by atomic mass is 28.3. The van der Waals surface area contributed by atoms with Crippen molar-refractivity contribution in [2.45, 2.75) is 103 Å². The van der Waals surface area contributed by atoms with Crippen LogP contribution in [-0.4, -0.2) is 21.1 Å². The lowest BCUT2D eigenvalue weighted by atomic mass is 9.50. The van der Waals surface area contributed by atoms with Crippen molar-refractivity contribution in [1.29, 1.82) is 0 Å². The summed E-state index contributed by atoms with van der Waals surface area (Å²) in [6.45, 7) is 15.0. The van der Waals surface area contributed by atoms with Crippen molar-refractivity contribution in [2.24, 2.45) is 11.3 Å². The van der Waals surface area contributed by atoms with E-state index in [4.69, 9.17) is 11.1 Å². The van der Waals surface area contributed by atoms with Gasteiger partial charge in [0.1, 0.15) is 0 Å². The molecule has 2 bridgehead atoms. The van der Waals surface area contributed by atoms with E-state index >= 15 is 0 Å². The molecule has 2 fully saturated rings. The number of fused-ring (bicyclic) bond motifs is 3. The zero-order valence-corrected chi connectivity index (χ0v) is 17.3. The fourth-order valence-electron chi connectivity index (χ4n) is 5.07. The predicted molar refractivity (Wildman–Crippen MR) is 106 cm³/mol. The number of rotatable bonds is 4. The number of hydrogen-bond donors (Lipinski definition) is 0. The van der Waals surface area contributed by atoms with Crippen LogP contribution in [0, 0.1) is 23.7 Å². The van der Waals surface area contributed by atoms with Crippen molar-refractivity contribution in [2.75, 3.05) is 0 Å². The first-order valence-electron chi connectivity index (χ1n) is 9.73. The lowest BCUT2D eigenvalue weighted by Crippen LogP contribution is -2.48. The summed E-state index contributed by atoms with van der Waals surface area (Å²) < 4.78 is 6.92. The van der Waals surface area contributed by atoms with E-state index < -0.39 is 8.07 Å². The van der Waals surface area contributed by atoms with Crippen molar-refractivity contribution in [3.05, 3.63) is 0 Å².